The summed E-state index contributed by atoms with van der Waals surface area (Å²) >= 11 is 4.14. The van der Waals surface area contributed by atoms with Crippen molar-refractivity contribution >= 4 is 18.5 Å². The molecule has 1 amide bonds. The molecule has 3 heteroatoms. The molecule has 70 valence electrons. The van der Waals surface area contributed by atoms with Gasteiger partial charge in [0.2, 0.25) is 5.91 Å². The van der Waals surface area contributed by atoms with Crippen molar-refractivity contribution < 1.29 is 4.79 Å². The largest absolute Gasteiger partial charge is 0.337 e. The van der Waals surface area contributed by atoms with E-state index in [0.29, 0.717) is 0 Å². The lowest BCUT2D eigenvalue weighted by Gasteiger charge is -2.34. The Bertz CT molecular complexity index is 177. The van der Waals surface area contributed by atoms with E-state index in [9.17, 15) is 4.79 Å². The maximum absolute atomic E-state index is 11.2. The van der Waals surface area contributed by atoms with E-state index in [4.69, 9.17) is 0 Å². The van der Waals surface area contributed by atoms with Gasteiger partial charge in [-0.25, -0.2) is 0 Å². The second kappa shape index (κ2) is 4.55. The van der Waals surface area contributed by atoms with Gasteiger partial charge in [0, 0.05) is 12.6 Å². The van der Waals surface area contributed by atoms with E-state index in [-0.39, 0.29) is 11.4 Å². The number of carbonyl (C=O) groups excluding carboxylic acids is 1. The Kier molecular flexibility index (Phi) is 4.39. The van der Waals surface area contributed by atoms with Gasteiger partial charge in [-0.2, -0.15) is 12.6 Å². The first-order valence-corrected chi connectivity index (χ1v) is 4.60. The minimum absolute atomic E-state index is 0.0400. The molecule has 0 radical (unpaired) electrons. The number of hydrogen-bond acceptors (Lipinski definition) is 2. The maximum atomic E-state index is 11.2. The Balaban J connectivity index is 4.32. The van der Waals surface area contributed by atoms with Crippen LogP contribution in [0, 0.1) is 0 Å². The number of hydrogen-bond donors (Lipinski definition) is 1. The quantitative estimate of drug-likeness (QED) is 0.525. The molecule has 0 aromatic heterocycles. The first-order chi connectivity index (χ1) is 5.45. The van der Waals surface area contributed by atoms with Crippen LogP contribution in [0.15, 0.2) is 12.7 Å². The van der Waals surface area contributed by atoms with Gasteiger partial charge in [0.25, 0.3) is 0 Å². The van der Waals surface area contributed by atoms with Crippen LogP contribution in [0.1, 0.15) is 20.3 Å². The van der Waals surface area contributed by atoms with E-state index >= 15 is 0 Å². The molecule has 0 fully saturated rings. The van der Waals surface area contributed by atoms with Crippen molar-refractivity contribution in [1.82, 2.24) is 4.90 Å². The molecule has 0 unspecified atom stereocenters. The number of likely N-dealkylation sites (N-methyl/N-ethyl adjacent to an activating group) is 1. The van der Waals surface area contributed by atoms with Crippen LogP contribution < -0.4 is 0 Å². The normalized spacial score (nSPS) is 11.0. The number of nitrogens with zero attached hydrogens (tertiary/aromatic N) is 1. The molecule has 0 saturated carbocycles. The van der Waals surface area contributed by atoms with Crippen LogP contribution in [0.25, 0.3) is 0 Å². The van der Waals surface area contributed by atoms with Crippen molar-refractivity contribution in [3.8, 4) is 0 Å². The molecule has 2 nitrogen and oxygen atoms in total. The average molecular weight is 187 g/mol. The molecule has 0 spiro atoms. The van der Waals surface area contributed by atoms with Gasteiger partial charge < -0.3 is 4.90 Å². The molecule has 0 rings (SSSR count). The fraction of sp³-hybridized carbons (Fsp3) is 0.667. The maximum Gasteiger partial charge on any atom is 0.246 e. The number of amides is 1. The molecule has 0 aromatic carbocycles. The third-order valence-electron chi connectivity index (χ3n) is 2.14. The predicted molar refractivity (Wildman–Crippen MR) is 55.5 cm³/mol. The summed E-state index contributed by atoms with van der Waals surface area (Å²) in [5.74, 6) is 0.740. The Morgan fingerprint density at radius 1 is 1.67 bits per heavy atom. The molecule has 0 heterocycles. The van der Waals surface area contributed by atoms with Gasteiger partial charge in [-0.1, -0.05) is 6.58 Å². The number of carbonyl (C=O) groups is 1. The van der Waals surface area contributed by atoms with Crippen LogP contribution in [-0.4, -0.2) is 29.1 Å². The zero-order chi connectivity index (χ0) is 9.78. The average Bonchev–Trinajstić information content (AvgIpc) is 2.01. The Hall–Kier alpha value is -0.440. The molecule has 0 N–H and O–H groups in total. The molecular formula is C9H17NOS. The van der Waals surface area contributed by atoms with Gasteiger partial charge in [0.15, 0.2) is 0 Å². The van der Waals surface area contributed by atoms with Gasteiger partial charge in [-0.15, -0.1) is 0 Å². The highest BCUT2D eigenvalue weighted by Gasteiger charge is 2.24. The third-order valence-corrected chi connectivity index (χ3v) is 2.36. The topological polar surface area (TPSA) is 20.3 Å². The number of thiol groups is 1. The fourth-order valence-corrected chi connectivity index (χ4v) is 1.42. The fourth-order valence-electron chi connectivity index (χ4n) is 0.877. The molecule has 0 aliphatic carbocycles. The molecule has 0 bridgehead atoms. The highest BCUT2D eigenvalue weighted by atomic mass is 32.1. The van der Waals surface area contributed by atoms with Crippen molar-refractivity contribution in [1.29, 1.82) is 0 Å². The smallest absolute Gasteiger partial charge is 0.246 e. The molecule has 0 saturated heterocycles. The highest BCUT2D eigenvalue weighted by Crippen LogP contribution is 2.17. The molecule has 0 aliphatic heterocycles. The van der Waals surface area contributed by atoms with Crippen molar-refractivity contribution in [2.24, 2.45) is 0 Å². The van der Waals surface area contributed by atoms with Crippen LogP contribution in [0.3, 0.4) is 0 Å². The van der Waals surface area contributed by atoms with Crippen LogP contribution in [0.4, 0.5) is 0 Å². The van der Waals surface area contributed by atoms with Crippen molar-refractivity contribution in [3.05, 3.63) is 12.7 Å². The van der Waals surface area contributed by atoms with Crippen molar-refractivity contribution in [2.75, 3.05) is 12.8 Å². The van der Waals surface area contributed by atoms with Gasteiger partial charge in [-0.3, -0.25) is 4.79 Å². The Morgan fingerprint density at radius 2 is 2.17 bits per heavy atom. The Labute approximate surface area is 80.0 Å². The summed E-state index contributed by atoms with van der Waals surface area (Å²) in [6, 6.07) is 0. The van der Waals surface area contributed by atoms with E-state index < -0.39 is 0 Å². The van der Waals surface area contributed by atoms with Crippen LogP contribution >= 0.6 is 12.6 Å². The molecular weight excluding hydrogens is 170 g/mol. The molecule has 0 aromatic rings. The summed E-state index contributed by atoms with van der Waals surface area (Å²) in [6.07, 6.45) is 2.21. The van der Waals surface area contributed by atoms with E-state index in [1.165, 1.54) is 6.08 Å². The van der Waals surface area contributed by atoms with E-state index in [2.05, 4.69) is 19.2 Å². The van der Waals surface area contributed by atoms with Crippen LogP contribution in [0.2, 0.25) is 0 Å². The summed E-state index contributed by atoms with van der Waals surface area (Å²) in [5.41, 5.74) is -0.132. The number of rotatable bonds is 4. The van der Waals surface area contributed by atoms with E-state index in [0.717, 1.165) is 12.2 Å². The van der Waals surface area contributed by atoms with Crippen LogP contribution in [0.5, 0.6) is 0 Å². The molecule has 0 atom stereocenters. The van der Waals surface area contributed by atoms with Crippen molar-refractivity contribution in [2.45, 2.75) is 25.8 Å². The van der Waals surface area contributed by atoms with Gasteiger partial charge in [0.1, 0.15) is 0 Å². The lowest BCUT2D eigenvalue weighted by molar-refractivity contribution is -0.129. The van der Waals surface area contributed by atoms with Gasteiger partial charge in [-0.05, 0) is 32.1 Å². The third kappa shape index (κ3) is 2.89. The monoisotopic (exact) mass is 187 g/mol. The SMILES string of the molecule is C=CC(=O)N(C)C(C)(C)CCS. The summed E-state index contributed by atoms with van der Waals surface area (Å²) in [4.78, 5) is 12.9. The van der Waals surface area contributed by atoms with E-state index in [1.807, 2.05) is 13.8 Å². The van der Waals surface area contributed by atoms with Crippen LogP contribution in [-0.2, 0) is 4.79 Å². The Morgan fingerprint density at radius 3 is 2.50 bits per heavy atom. The summed E-state index contributed by atoms with van der Waals surface area (Å²) in [5, 5.41) is 0. The first kappa shape index (κ1) is 11.6. The molecule has 12 heavy (non-hydrogen) atoms. The molecule has 0 aliphatic rings. The lowest BCUT2D eigenvalue weighted by atomic mass is 10.00. The lowest BCUT2D eigenvalue weighted by Crippen LogP contribution is -2.44. The minimum atomic E-state index is -0.132. The summed E-state index contributed by atoms with van der Waals surface area (Å²) in [6.45, 7) is 7.48. The summed E-state index contributed by atoms with van der Waals surface area (Å²) in [7, 11) is 1.79. The van der Waals surface area contributed by atoms with Gasteiger partial charge in [0.05, 0.1) is 0 Å². The summed E-state index contributed by atoms with van der Waals surface area (Å²) < 4.78 is 0. The van der Waals surface area contributed by atoms with Gasteiger partial charge >= 0.3 is 0 Å². The standard InChI is InChI=1S/C9H17NOS/c1-5-8(11)10(4)9(2,3)6-7-12/h5,12H,1,6-7H2,2-4H3. The zero-order valence-corrected chi connectivity index (χ0v) is 8.90. The van der Waals surface area contributed by atoms with E-state index in [1.54, 1.807) is 11.9 Å². The minimum Gasteiger partial charge on any atom is -0.337 e. The zero-order valence-electron chi connectivity index (χ0n) is 8.00. The highest BCUT2D eigenvalue weighted by molar-refractivity contribution is 7.80. The predicted octanol–water partition coefficient (Wildman–Crippen LogP) is 1.73. The second-order valence-corrected chi connectivity index (χ2v) is 3.83. The second-order valence-electron chi connectivity index (χ2n) is 3.39. The van der Waals surface area contributed by atoms with Crippen molar-refractivity contribution in [3.63, 3.8) is 0 Å². The first-order valence-electron chi connectivity index (χ1n) is 3.97.